The molecule has 0 fully saturated rings. The van der Waals surface area contributed by atoms with Crippen molar-refractivity contribution < 1.29 is 16.5 Å². The first kappa shape index (κ1) is 36.3. The molecular formula is C39H55NNiP+. The molecule has 0 bridgehead atoms. The molecule has 0 N–H and O–H groups in total. The second-order valence-electron chi connectivity index (χ2n) is 14.2. The van der Waals surface area contributed by atoms with Crippen molar-refractivity contribution in [1.29, 1.82) is 0 Å². The van der Waals surface area contributed by atoms with Crippen molar-refractivity contribution in [3.63, 3.8) is 0 Å². The minimum absolute atomic E-state index is 0. The van der Waals surface area contributed by atoms with Crippen molar-refractivity contribution in [3.05, 3.63) is 101 Å². The Morgan fingerprint density at radius 3 is 1.45 bits per heavy atom. The van der Waals surface area contributed by atoms with Crippen molar-refractivity contribution in [2.75, 3.05) is 6.16 Å². The maximum atomic E-state index is 5.86. The average molecular weight is 628 g/mol. The van der Waals surface area contributed by atoms with E-state index in [1.54, 1.807) is 0 Å². The normalized spacial score (nSPS) is 12.8. The molecule has 0 aliphatic heterocycles. The second-order valence-corrected chi connectivity index (χ2v) is 18.6. The van der Waals surface area contributed by atoms with Gasteiger partial charge < -0.3 is 11.7 Å². The number of para-hydroxylation sites is 1. The molecule has 0 heterocycles. The first-order chi connectivity index (χ1) is 19.2. The van der Waals surface area contributed by atoms with Gasteiger partial charge in [0.05, 0.1) is 10.3 Å². The van der Waals surface area contributed by atoms with Crippen molar-refractivity contribution in [2.24, 2.45) is 0 Å². The van der Waals surface area contributed by atoms with E-state index in [9.17, 15) is 0 Å². The van der Waals surface area contributed by atoms with Gasteiger partial charge in [-0.2, -0.15) is 13.8 Å². The zero-order chi connectivity index (χ0) is 30.5. The fourth-order valence-corrected chi connectivity index (χ4v) is 10.5. The number of fused-ring (bicyclic) bond motifs is 2. The van der Waals surface area contributed by atoms with E-state index in [-0.39, 0.29) is 32.8 Å². The number of rotatable bonds is 7. The largest absolute Gasteiger partial charge is 2.00 e. The molecular weight excluding hydrogens is 572 g/mol. The summed E-state index contributed by atoms with van der Waals surface area (Å²) in [6.45, 7) is 27.9. The van der Waals surface area contributed by atoms with Gasteiger partial charge in [-0.3, -0.25) is 0 Å². The van der Waals surface area contributed by atoms with Gasteiger partial charge in [0.15, 0.2) is 0 Å². The topological polar surface area (TPSA) is 14.1 Å². The third kappa shape index (κ3) is 8.61. The van der Waals surface area contributed by atoms with Crippen LogP contribution >= 0.6 is 7.92 Å². The van der Waals surface area contributed by atoms with Crippen LogP contribution in [0.25, 0.3) is 26.9 Å². The van der Waals surface area contributed by atoms with Crippen LogP contribution in [0.5, 0.6) is 0 Å². The van der Waals surface area contributed by atoms with E-state index in [1.165, 1.54) is 43.9 Å². The molecule has 0 aliphatic carbocycles. The van der Waals surface area contributed by atoms with E-state index >= 15 is 0 Å². The molecule has 230 valence electrons. The SMILES string of the molecule is CC(C)c1cccc(C(C)C)c1[N-]C(C[PH+](C(C)(C)C)C(C)(C)C)c1c2ccccc2cc2ccccc12.C[CH-]C.[Ni+2]. The summed E-state index contributed by atoms with van der Waals surface area (Å²) in [6, 6.07) is 27.2. The van der Waals surface area contributed by atoms with Crippen LogP contribution in [0.1, 0.15) is 118 Å². The summed E-state index contributed by atoms with van der Waals surface area (Å²) in [6.07, 6.45) is 3.11. The first-order valence-electron chi connectivity index (χ1n) is 15.5. The van der Waals surface area contributed by atoms with Crippen LogP contribution in [0, 0.1) is 6.42 Å². The molecule has 4 aromatic rings. The van der Waals surface area contributed by atoms with Crippen LogP contribution in [0.2, 0.25) is 0 Å². The molecule has 1 atom stereocenters. The minimum atomic E-state index is -0.835. The van der Waals surface area contributed by atoms with Gasteiger partial charge in [0.2, 0.25) is 0 Å². The number of nitrogens with zero attached hydrogens (tertiary/aromatic N) is 1. The molecule has 0 aromatic heterocycles. The van der Waals surface area contributed by atoms with Gasteiger partial charge in [-0.05, 0) is 86.6 Å². The zero-order valence-electron chi connectivity index (χ0n) is 28.2. The van der Waals surface area contributed by atoms with Gasteiger partial charge in [-0.25, -0.2) is 0 Å². The number of hydrogen-bond acceptors (Lipinski definition) is 0. The maximum Gasteiger partial charge on any atom is 2.00 e. The van der Waals surface area contributed by atoms with E-state index in [1.807, 2.05) is 20.3 Å². The van der Waals surface area contributed by atoms with Crippen molar-refractivity contribution in [1.82, 2.24) is 0 Å². The van der Waals surface area contributed by atoms with E-state index in [0.717, 1.165) is 6.16 Å². The Kier molecular flexibility index (Phi) is 13.2. The standard InChI is InChI=1S/C36H47NP.C3H7.Ni/c1-24(2)28-20-15-21-29(25(3)4)34(28)37-32(23-38(35(5,6)7)36(8,9)10)33-30-18-13-11-16-26(30)22-27-17-12-14-19-31(27)33;1-3-2;/h11-22,24-25,32H,23H2,1-10H3;3H,1-2H3;/q2*-1;+2/p+1. The molecule has 1 nitrogen and oxygen atoms in total. The predicted molar refractivity (Wildman–Crippen MR) is 190 cm³/mol. The fourth-order valence-electron chi connectivity index (χ4n) is 6.37. The molecule has 3 heteroatoms. The number of benzene rings is 4. The molecule has 42 heavy (non-hydrogen) atoms. The van der Waals surface area contributed by atoms with Crippen LogP contribution < -0.4 is 0 Å². The van der Waals surface area contributed by atoms with E-state index in [4.69, 9.17) is 5.32 Å². The smallest absolute Gasteiger partial charge is 0.675 e. The van der Waals surface area contributed by atoms with E-state index < -0.39 is 7.92 Å². The Morgan fingerprint density at radius 1 is 0.667 bits per heavy atom. The summed E-state index contributed by atoms with van der Waals surface area (Å²) in [5, 5.41) is 11.7. The van der Waals surface area contributed by atoms with Gasteiger partial charge in [0, 0.05) is 14.1 Å². The van der Waals surface area contributed by atoms with Gasteiger partial charge in [-0.15, -0.1) is 5.69 Å². The van der Waals surface area contributed by atoms with Crippen LogP contribution in [-0.2, 0) is 16.5 Å². The molecule has 0 amide bonds. The third-order valence-electron chi connectivity index (χ3n) is 7.98. The average Bonchev–Trinajstić information content (AvgIpc) is 2.88. The molecule has 0 spiro atoms. The summed E-state index contributed by atoms with van der Waals surface area (Å²) in [4.78, 5) is 0. The van der Waals surface area contributed by atoms with Gasteiger partial charge >= 0.3 is 16.5 Å². The molecule has 0 aliphatic rings. The molecule has 0 saturated carbocycles. The first-order valence-corrected chi connectivity index (χ1v) is 17.3. The summed E-state index contributed by atoms with van der Waals surface area (Å²) >= 11 is 0. The molecule has 0 radical (unpaired) electrons. The summed E-state index contributed by atoms with van der Waals surface area (Å²) < 4.78 is 0. The Balaban J connectivity index is 0.00000148. The second kappa shape index (κ2) is 15.2. The van der Waals surface area contributed by atoms with Crippen molar-refractivity contribution >= 4 is 35.2 Å². The van der Waals surface area contributed by atoms with Crippen LogP contribution in [0.3, 0.4) is 0 Å². The number of hydrogen-bond donors (Lipinski definition) is 0. The molecule has 4 rings (SSSR count). The van der Waals surface area contributed by atoms with Crippen molar-refractivity contribution in [3.8, 4) is 0 Å². The Hall–Kier alpha value is -1.88. The maximum absolute atomic E-state index is 5.86. The summed E-state index contributed by atoms with van der Waals surface area (Å²) in [7, 11) is -0.835. The zero-order valence-corrected chi connectivity index (χ0v) is 30.2. The van der Waals surface area contributed by atoms with Crippen LogP contribution in [-0.4, -0.2) is 16.5 Å². The van der Waals surface area contributed by atoms with Crippen LogP contribution in [0.15, 0.2) is 72.8 Å². The summed E-state index contributed by atoms with van der Waals surface area (Å²) in [5.74, 6) is 0.847. The minimum Gasteiger partial charge on any atom is -0.675 e. The quantitative estimate of drug-likeness (QED) is 0.0838. The third-order valence-corrected chi connectivity index (χ3v) is 12.4. The Bertz CT molecular complexity index is 1330. The summed E-state index contributed by atoms with van der Waals surface area (Å²) in [5.41, 5.74) is 5.36. The Morgan fingerprint density at radius 2 is 1.07 bits per heavy atom. The molecule has 4 aromatic carbocycles. The monoisotopic (exact) mass is 626 g/mol. The van der Waals surface area contributed by atoms with Gasteiger partial charge in [0.1, 0.15) is 0 Å². The fraction of sp³-hybridized carbons (Fsp3) is 0.462. The predicted octanol–water partition coefficient (Wildman–Crippen LogP) is 13.0. The van der Waals surface area contributed by atoms with E-state index in [2.05, 4.69) is 142 Å². The van der Waals surface area contributed by atoms with Crippen LogP contribution in [0.4, 0.5) is 5.69 Å². The van der Waals surface area contributed by atoms with E-state index in [0.29, 0.717) is 11.8 Å². The van der Waals surface area contributed by atoms with Gasteiger partial charge in [-0.1, -0.05) is 112 Å². The molecule has 1 unspecified atom stereocenters. The van der Waals surface area contributed by atoms with Gasteiger partial charge in [0.25, 0.3) is 0 Å². The van der Waals surface area contributed by atoms with Crippen molar-refractivity contribution in [2.45, 2.75) is 111 Å². The molecule has 0 saturated heterocycles. The Labute approximate surface area is 269 Å².